The Hall–Kier alpha value is -0.410. The summed E-state index contributed by atoms with van der Waals surface area (Å²) in [6, 6.07) is 0.501. The molecule has 1 aliphatic rings. The first-order chi connectivity index (χ1) is 8.05. The van der Waals surface area contributed by atoms with Gasteiger partial charge in [-0.3, -0.25) is 0 Å². The van der Waals surface area contributed by atoms with E-state index in [2.05, 4.69) is 33.0 Å². The smallest absolute Gasteiger partial charge is 0.113 e. The second kappa shape index (κ2) is 5.07. The minimum atomic E-state index is 0.0518. The van der Waals surface area contributed by atoms with Crippen LogP contribution in [-0.2, 0) is 18.4 Å². The zero-order valence-electron chi connectivity index (χ0n) is 11.5. The van der Waals surface area contributed by atoms with Crippen LogP contribution in [0.4, 0.5) is 0 Å². The van der Waals surface area contributed by atoms with E-state index in [-0.39, 0.29) is 5.54 Å². The number of thiazole rings is 1. The number of nitrogens with one attached hydrogen (secondary N) is 1. The van der Waals surface area contributed by atoms with Gasteiger partial charge in [-0.25, -0.2) is 4.98 Å². The third-order valence-electron chi connectivity index (χ3n) is 3.63. The monoisotopic (exact) mass is 252 g/mol. The van der Waals surface area contributed by atoms with Crippen LogP contribution in [0.25, 0.3) is 0 Å². The first-order valence-electron chi connectivity index (χ1n) is 6.82. The molecule has 0 bridgehead atoms. The maximum atomic E-state index is 4.90. The van der Waals surface area contributed by atoms with Gasteiger partial charge in [0.25, 0.3) is 0 Å². The van der Waals surface area contributed by atoms with Crippen LogP contribution in [0.3, 0.4) is 0 Å². The molecule has 96 valence electrons. The third-order valence-corrected chi connectivity index (χ3v) is 5.05. The van der Waals surface area contributed by atoms with Gasteiger partial charge in [0.2, 0.25) is 0 Å². The second-order valence-corrected chi connectivity index (χ2v) is 6.66. The molecule has 1 heterocycles. The molecule has 0 radical (unpaired) electrons. The predicted octanol–water partition coefficient (Wildman–Crippen LogP) is 3.65. The van der Waals surface area contributed by atoms with Gasteiger partial charge < -0.3 is 5.32 Å². The first-order valence-corrected chi connectivity index (χ1v) is 7.63. The van der Waals surface area contributed by atoms with E-state index in [1.165, 1.54) is 41.3 Å². The Morgan fingerprint density at radius 1 is 1.35 bits per heavy atom. The predicted molar refractivity (Wildman–Crippen MR) is 74.7 cm³/mol. The van der Waals surface area contributed by atoms with E-state index in [1.807, 2.05) is 11.3 Å². The lowest BCUT2D eigenvalue weighted by Gasteiger charge is -2.29. The van der Waals surface area contributed by atoms with E-state index in [0.29, 0.717) is 6.04 Å². The van der Waals surface area contributed by atoms with E-state index >= 15 is 0 Å². The standard InChI is InChI=1S/C14H24N2S/c1-5-14(4,16-10(2)3)13-15-11-8-6-7-9-12(11)17-13/h10,16H,5-9H2,1-4H3. The molecule has 17 heavy (non-hydrogen) atoms. The van der Waals surface area contributed by atoms with Crippen molar-refractivity contribution in [2.45, 2.75) is 71.4 Å². The van der Waals surface area contributed by atoms with Crippen LogP contribution in [0.2, 0.25) is 0 Å². The molecule has 1 atom stereocenters. The van der Waals surface area contributed by atoms with Crippen LogP contribution in [0.5, 0.6) is 0 Å². The van der Waals surface area contributed by atoms with E-state index in [4.69, 9.17) is 4.98 Å². The van der Waals surface area contributed by atoms with Gasteiger partial charge in [-0.05, 0) is 52.9 Å². The molecule has 1 aromatic rings. The summed E-state index contributed by atoms with van der Waals surface area (Å²) in [7, 11) is 0. The van der Waals surface area contributed by atoms with Gasteiger partial charge in [-0.15, -0.1) is 11.3 Å². The molecular formula is C14H24N2S. The van der Waals surface area contributed by atoms with Gasteiger partial charge in [-0.2, -0.15) is 0 Å². The summed E-state index contributed by atoms with van der Waals surface area (Å²) in [6.45, 7) is 8.95. The van der Waals surface area contributed by atoms with Crippen molar-refractivity contribution >= 4 is 11.3 Å². The highest BCUT2D eigenvalue weighted by molar-refractivity contribution is 7.11. The molecule has 1 unspecified atom stereocenters. The van der Waals surface area contributed by atoms with E-state index in [9.17, 15) is 0 Å². The molecule has 1 aromatic heterocycles. The number of rotatable bonds is 4. The molecule has 0 saturated carbocycles. The van der Waals surface area contributed by atoms with Crippen molar-refractivity contribution < 1.29 is 0 Å². The number of aryl methyl sites for hydroxylation is 2. The maximum Gasteiger partial charge on any atom is 0.113 e. The summed E-state index contributed by atoms with van der Waals surface area (Å²) < 4.78 is 0. The molecule has 0 amide bonds. The molecule has 1 aliphatic carbocycles. The molecular weight excluding hydrogens is 228 g/mol. The normalized spacial score (nSPS) is 19.1. The zero-order chi connectivity index (χ0) is 12.5. The van der Waals surface area contributed by atoms with Crippen LogP contribution in [0.15, 0.2) is 0 Å². The van der Waals surface area contributed by atoms with Gasteiger partial charge in [0.15, 0.2) is 0 Å². The molecule has 3 heteroatoms. The fraction of sp³-hybridized carbons (Fsp3) is 0.786. The highest BCUT2D eigenvalue weighted by atomic mass is 32.1. The van der Waals surface area contributed by atoms with Crippen LogP contribution >= 0.6 is 11.3 Å². The quantitative estimate of drug-likeness (QED) is 0.885. The van der Waals surface area contributed by atoms with Gasteiger partial charge in [-0.1, -0.05) is 6.92 Å². The van der Waals surface area contributed by atoms with Gasteiger partial charge >= 0.3 is 0 Å². The summed E-state index contributed by atoms with van der Waals surface area (Å²) in [5.74, 6) is 0. The minimum Gasteiger partial charge on any atom is -0.303 e. The molecule has 2 nitrogen and oxygen atoms in total. The van der Waals surface area contributed by atoms with Crippen LogP contribution in [0, 0.1) is 0 Å². The van der Waals surface area contributed by atoms with E-state index in [1.54, 1.807) is 0 Å². The van der Waals surface area contributed by atoms with Crippen molar-refractivity contribution in [1.82, 2.24) is 10.3 Å². The average molecular weight is 252 g/mol. The topological polar surface area (TPSA) is 24.9 Å². The Morgan fingerprint density at radius 2 is 2.06 bits per heavy atom. The van der Waals surface area contributed by atoms with Crippen molar-refractivity contribution in [2.75, 3.05) is 0 Å². The Morgan fingerprint density at radius 3 is 2.65 bits per heavy atom. The number of nitrogens with zero attached hydrogens (tertiary/aromatic N) is 1. The van der Waals surface area contributed by atoms with Crippen molar-refractivity contribution in [3.05, 3.63) is 15.6 Å². The van der Waals surface area contributed by atoms with Crippen LogP contribution in [0.1, 0.15) is 62.5 Å². The van der Waals surface area contributed by atoms with E-state index < -0.39 is 0 Å². The molecule has 2 rings (SSSR count). The number of hydrogen-bond donors (Lipinski definition) is 1. The fourth-order valence-electron chi connectivity index (χ4n) is 2.54. The molecule has 0 aliphatic heterocycles. The third kappa shape index (κ3) is 2.71. The summed E-state index contributed by atoms with van der Waals surface area (Å²) in [4.78, 5) is 6.44. The molecule has 0 saturated heterocycles. The lowest BCUT2D eigenvalue weighted by Crippen LogP contribution is -2.43. The largest absolute Gasteiger partial charge is 0.303 e. The van der Waals surface area contributed by atoms with Crippen LogP contribution < -0.4 is 5.32 Å². The molecule has 0 fully saturated rings. The summed E-state index contributed by atoms with van der Waals surface area (Å²) >= 11 is 1.94. The summed E-state index contributed by atoms with van der Waals surface area (Å²) in [6.07, 6.45) is 6.19. The Bertz CT molecular complexity index is 360. The van der Waals surface area contributed by atoms with Gasteiger partial charge in [0.1, 0.15) is 5.01 Å². The van der Waals surface area contributed by atoms with Crippen molar-refractivity contribution in [3.8, 4) is 0 Å². The average Bonchev–Trinajstić information content (AvgIpc) is 2.72. The maximum absolute atomic E-state index is 4.90. The highest BCUT2D eigenvalue weighted by Gasteiger charge is 2.30. The van der Waals surface area contributed by atoms with Crippen molar-refractivity contribution in [3.63, 3.8) is 0 Å². The first kappa shape index (κ1) is 13.0. The Labute approximate surface area is 109 Å². The zero-order valence-corrected chi connectivity index (χ0v) is 12.3. The minimum absolute atomic E-state index is 0.0518. The SMILES string of the molecule is CCC(C)(NC(C)C)c1nc2c(s1)CCCC2. The molecule has 1 N–H and O–H groups in total. The lowest BCUT2D eigenvalue weighted by atomic mass is 9.98. The molecule has 0 aromatic carbocycles. The Kier molecular flexibility index (Phi) is 3.88. The Balaban J connectivity index is 2.27. The highest BCUT2D eigenvalue weighted by Crippen LogP contribution is 2.34. The van der Waals surface area contributed by atoms with Gasteiger partial charge in [0.05, 0.1) is 11.2 Å². The van der Waals surface area contributed by atoms with Crippen LogP contribution in [-0.4, -0.2) is 11.0 Å². The number of aromatic nitrogens is 1. The number of fused-ring (bicyclic) bond motifs is 1. The van der Waals surface area contributed by atoms with Crippen molar-refractivity contribution in [1.29, 1.82) is 0 Å². The van der Waals surface area contributed by atoms with Crippen molar-refractivity contribution in [2.24, 2.45) is 0 Å². The van der Waals surface area contributed by atoms with Gasteiger partial charge in [0, 0.05) is 10.9 Å². The summed E-state index contributed by atoms with van der Waals surface area (Å²) in [5, 5.41) is 4.97. The van der Waals surface area contributed by atoms with E-state index in [0.717, 1.165) is 6.42 Å². The lowest BCUT2D eigenvalue weighted by molar-refractivity contribution is 0.321. The molecule has 0 spiro atoms. The summed E-state index contributed by atoms with van der Waals surface area (Å²) in [5.41, 5.74) is 1.43. The second-order valence-electron chi connectivity index (χ2n) is 5.58. The number of hydrogen-bond acceptors (Lipinski definition) is 3. The fourth-order valence-corrected chi connectivity index (χ4v) is 3.87.